The Morgan fingerprint density at radius 3 is 2.29 bits per heavy atom. The molecule has 24 heavy (non-hydrogen) atoms. The Labute approximate surface area is 139 Å². The van der Waals surface area contributed by atoms with Gasteiger partial charge in [0.05, 0.1) is 6.42 Å². The van der Waals surface area contributed by atoms with Gasteiger partial charge in [0.1, 0.15) is 5.82 Å². The van der Waals surface area contributed by atoms with E-state index in [4.69, 9.17) is 0 Å². The second-order valence-electron chi connectivity index (χ2n) is 5.39. The molecule has 0 aliphatic carbocycles. The average Bonchev–Trinajstić information content (AvgIpc) is 2.55. The summed E-state index contributed by atoms with van der Waals surface area (Å²) in [7, 11) is 0. The zero-order valence-electron chi connectivity index (χ0n) is 13.5. The van der Waals surface area contributed by atoms with Gasteiger partial charge in [0.15, 0.2) is 0 Å². The molecule has 2 aromatic rings. The van der Waals surface area contributed by atoms with Crippen LogP contribution in [0.1, 0.15) is 29.3 Å². The third-order valence-corrected chi connectivity index (χ3v) is 3.21. The third kappa shape index (κ3) is 5.31. The minimum atomic E-state index is -0.371. The Kier molecular flexibility index (Phi) is 5.78. The van der Waals surface area contributed by atoms with Gasteiger partial charge in [-0.25, -0.2) is 9.82 Å². The van der Waals surface area contributed by atoms with Crippen LogP contribution in [0.2, 0.25) is 0 Å². The Balaban J connectivity index is 1.86. The fraction of sp³-hybridized carbons (Fsp3) is 0.167. The minimum Gasteiger partial charge on any atom is -0.326 e. The van der Waals surface area contributed by atoms with Gasteiger partial charge in [0, 0.05) is 17.0 Å². The first-order valence-electron chi connectivity index (χ1n) is 7.39. The van der Waals surface area contributed by atoms with Crippen molar-refractivity contribution in [3.63, 3.8) is 0 Å². The number of rotatable bonds is 5. The number of anilines is 1. The number of carbonyl (C=O) groups is 2. The highest BCUT2D eigenvalue weighted by molar-refractivity contribution is 6.06. The van der Waals surface area contributed by atoms with Crippen molar-refractivity contribution < 1.29 is 14.0 Å². The lowest BCUT2D eigenvalue weighted by atomic mass is 10.1. The van der Waals surface area contributed by atoms with Gasteiger partial charge in [-0.3, -0.25) is 9.59 Å². The van der Waals surface area contributed by atoms with Crippen molar-refractivity contribution in [2.24, 2.45) is 5.10 Å². The number of halogens is 1. The molecule has 2 amide bonds. The van der Waals surface area contributed by atoms with Crippen molar-refractivity contribution >= 4 is 23.2 Å². The zero-order chi connectivity index (χ0) is 17.5. The molecule has 2 N–H and O–H groups in total. The molecule has 0 aliphatic heterocycles. The monoisotopic (exact) mass is 327 g/mol. The summed E-state index contributed by atoms with van der Waals surface area (Å²) in [6, 6.07) is 12.5. The molecule has 0 aliphatic rings. The molecule has 0 saturated heterocycles. The number of carbonyl (C=O) groups excluding carboxylic acids is 2. The Bertz CT molecular complexity index is 753. The normalized spacial score (nSPS) is 11.0. The predicted octanol–water partition coefficient (Wildman–Crippen LogP) is 3.27. The summed E-state index contributed by atoms with van der Waals surface area (Å²) >= 11 is 0. The van der Waals surface area contributed by atoms with Crippen molar-refractivity contribution in [3.05, 3.63) is 65.5 Å². The van der Waals surface area contributed by atoms with Crippen LogP contribution < -0.4 is 10.7 Å². The quantitative estimate of drug-likeness (QED) is 0.653. The second kappa shape index (κ2) is 8.01. The van der Waals surface area contributed by atoms with Gasteiger partial charge >= 0.3 is 0 Å². The van der Waals surface area contributed by atoms with Crippen molar-refractivity contribution in [3.8, 4) is 0 Å². The van der Waals surface area contributed by atoms with Gasteiger partial charge in [-0.1, -0.05) is 17.7 Å². The van der Waals surface area contributed by atoms with Crippen LogP contribution in [0.25, 0.3) is 0 Å². The number of aryl methyl sites for hydroxylation is 1. The maximum absolute atomic E-state index is 12.8. The molecule has 0 radical (unpaired) electrons. The molecule has 124 valence electrons. The molecule has 0 bridgehead atoms. The molecule has 0 atom stereocenters. The van der Waals surface area contributed by atoms with E-state index in [-0.39, 0.29) is 24.1 Å². The molecular weight excluding hydrogens is 309 g/mol. The highest BCUT2D eigenvalue weighted by Gasteiger charge is 2.07. The van der Waals surface area contributed by atoms with Crippen LogP contribution in [0.15, 0.2) is 53.6 Å². The van der Waals surface area contributed by atoms with Gasteiger partial charge in [-0.15, -0.1) is 0 Å². The molecular formula is C18H18FN3O2. The topological polar surface area (TPSA) is 70.6 Å². The summed E-state index contributed by atoms with van der Waals surface area (Å²) in [5, 5.41) is 6.54. The standard InChI is InChI=1S/C18H18FN3O2/c1-12-3-5-14(6-4-12)18(24)22-21-13(2)11-17(23)20-16-9-7-15(19)8-10-16/h3-10H,11H2,1-2H3,(H,20,23)(H,22,24)/b21-13+. The van der Waals surface area contributed by atoms with Crippen LogP contribution >= 0.6 is 0 Å². The molecule has 0 spiro atoms. The van der Waals surface area contributed by atoms with Gasteiger partial charge in [-0.05, 0) is 50.2 Å². The number of hydrazone groups is 1. The van der Waals surface area contributed by atoms with Crippen LogP contribution in [0.5, 0.6) is 0 Å². The zero-order valence-corrected chi connectivity index (χ0v) is 13.5. The number of amides is 2. The van der Waals surface area contributed by atoms with E-state index < -0.39 is 0 Å². The van der Waals surface area contributed by atoms with Crippen LogP contribution in [0.4, 0.5) is 10.1 Å². The maximum atomic E-state index is 12.8. The smallest absolute Gasteiger partial charge is 0.271 e. The van der Waals surface area contributed by atoms with Crippen LogP contribution in [-0.4, -0.2) is 17.5 Å². The van der Waals surface area contributed by atoms with E-state index in [0.717, 1.165) is 5.56 Å². The first-order valence-corrected chi connectivity index (χ1v) is 7.39. The Hall–Kier alpha value is -3.02. The second-order valence-corrected chi connectivity index (χ2v) is 5.39. The molecule has 0 fully saturated rings. The third-order valence-electron chi connectivity index (χ3n) is 3.21. The number of hydrogen-bond donors (Lipinski definition) is 2. The van der Waals surface area contributed by atoms with E-state index in [9.17, 15) is 14.0 Å². The highest BCUT2D eigenvalue weighted by atomic mass is 19.1. The number of nitrogens with zero attached hydrogens (tertiary/aromatic N) is 1. The first-order chi connectivity index (χ1) is 11.4. The SMILES string of the molecule is C/C(CC(=O)Nc1ccc(F)cc1)=N\NC(=O)c1ccc(C)cc1. The van der Waals surface area contributed by atoms with Gasteiger partial charge < -0.3 is 5.32 Å². The number of hydrogen-bond acceptors (Lipinski definition) is 3. The Morgan fingerprint density at radius 2 is 1.67 bits per heavy atom. The molecule has 0 heterocycles. The minimum absolute atomic E-state index is 0.0194. The fourth-order valence-electron chi connectivity index (χ4n) is 1.93. The molecule has 0 aromatic heterocycles. The van der Waals surface area contributed by atoms with Crippen molar-refractivity contribution in [1.29, 1.82) is 0 Å². The van der Waals surface area contributed by atoms with E-state index >= 15 is 0 Å². The number of nitrogens with one attached hydrogen (secondary N) is 2. The van der Waals surface area contributed by atoms with E-state index in [2.05, 4.69) is 15.8 Å². The lowest BCUT2D eigenvalue weighted by Gasteiger charge is -2.05. The first kappa shape index (κ1) is 17.3. The lowest BCUT2D eigenvalue weighted by molar-refractivity contribution is -0.115. The van der Waals surface area contributed by atoms with E-state index in [1.54, 1.807) is 19.1 Å². The van der Waals surface area contributed by atoms with Crippen molar-refractivity contribution in [2.75, 3.05) is 5.32 Å². The maximum Gasteiger partial charge on any atom is 0.271 e. The molecule has 6 heteroatoms. The molecule has 2 aromatic carbocycles. The highest BCUT2D eigenvalue weighted by Crippen LogP contribution is 2.08. The summed E-state index contributed by atoms with van der Waals surface area (Å²) in [5.74, 6) is -1.01. The summed E-state index contributed by atoms with van der Waals surface area (Å²) in [4.78, 5) is 23.8. The average molecular weight is 327 g/mol. The molecule has 2 rings (SSSR count). The summed E-state index contributed by atoms with van der Waals surface area (Å²) in [6.45, 7) is 3.57. The van der Waals surface area contributed by atoms with Crippen LogP contribution in [0, 0.1) is 12.7 Å². The van der Waals surface area contributed by atoms with E-state index in [0.29, 0.717) is 17.0 Å². The summed E-state index contributed by atoms with van der Waals surface area (Å²) in [6.07, 6.45) is 0.0194. The van der Waals surface area contributed by atoms with Crippen LogP contribution in [0.3, 0.4) is 0 Å². The predicted molar refractivity (Wildman–Crippen MR) is 91.4 cm³/mol. The molecule has 5 nitrogen and oxygen atoms in total. The largest absolute Gasteiger partial charge is 0.326 e. The van der Waals surface area contributed by atoms with Gasteiger partial charge in [0.2, 0.25) is 5.91 Å². The van der Waals surface area contributed by atoms with Crippen molar-refractivity contribution in [2.45, 2.75) is 20.3 Å². The summed E-state index contributed by atoms with van der Waals surface area (Å²) in [5.41, 5.74) is 4.92. The number of benzene rings is 2. The van der Waals surface area contributed by atoms with Crippen LogP contribution in [-0.2, 0) is 4.79 Å². The molecule has 0 saturated carbocycles. The van der Waals surface area contributed by atoms with E-state index in [1.807, 2.05) is 19.1 Å². The lowest BCUT2D eigenvalue weighted by Crippen LogP contribution is -2.21. The van der Waals surface area contributed by atoms with Gasteiger partial charge in [-0.2, -0.15) is 5.10 Å². The summed E-state index contributed by atoms with van der Waals surface area (Å²) < 4.78 is 12.8. The van der Waals surface area contributed by atoms with E-state index in [1.165, 1.54) is 24.3 Å². The Morgan fingerprint density at radius 1 is 1.04 bits per heavy atom. The fourth-order valence-corrected chi connectivity index (χ4v) is 1.93. The van der Waals surface area contributed by atoms with Gasteiger partial charge in [0.25, 0.3) is 5.91 Å². The van der Waals surface area contributed by atoms with Crippen molar-refractivity contribution in [1.82, 2.24) is 5.43 Å². The molecule has 0 unspecified atom stereocenters.